The molecule has 0 spiro atoms. The maximum absolute atomic E-state index is 12.2. The molecule has 0 fully saturated rings. The standard InChI is InChI=1S/C17H10N4O4/c22-17-14-10-18-20(12-4-2-1-3-5-12)15(14)19-16(25-17)11-6-8-13(9-7-11)21(23)24/h1-10H. The largest absolute Gasteiger partial charge is 0.403 e. The number of fused-ring (bicyclic) bond motifs is 1. The van der Waals surface area contributed by atoms with Crippen LogP contribution in [-0.2, 0) is 0 Å². The first kappa shape index (κ1) is 14.8. The van der Waals surface area contributed by atoms with Crippen molar-refractivity contribution in [2.75, 3.05) is 0 Å². The van der Waals surface area contributed by atoms with Gasteiger partial charge in [-0.15, -0.1) is 0 Å². The summed E-state index contributed by atoms with van der Waals surface area (Å²) in [7, 11) is 0. The number of benzene rings is 2. The molecular weight excluding hydrogens is 324 g/mol. The molecule has 0 atom stereocenters. The Morgan fingerprint density at radius 3 is 2.44 bits per heavy atom. The molecule has 0 saturated heterocycles. The first-order chi connectivity index (χ1) is 12.1. The minimum absolute atomic E-state index is 0.0542. The van der Waals surface area contributed by atoms with E-state index in [1.54, 1.807) is 4.68 Å². The van der Waals surface area contributed by atoms with Crippen LogP contribution in [0.4, 0.5) is 5.69 Å². The fraction of sp³-hybridized carbons (Fsp3) is 0. The first-order valence-electron chi connectivity index (χ1n) is 7.32. The van der Waals surface area contributed by atoms with E-state index in [9.17, 15) is 14.9 Å². The number of nitrogens with zero attached hydrogens (tertiary/aromatic N) is 4. The zero-order valence-electron chi connectivity index (χ0n) is 12.7. The summed E-state index contributed by atoms with van der Waals surface area (Å²) in [5.74, 6) is 0.0741. The van der Waals surface area contributed by atoms with Crippen molar-refractivity contribution in [3.8, 4) is 17.1 Å². The molecule has 0 saturated carbocycles. The molecule has 4 aromatic rings. The summed E-state index contributed by atoms with van der Waals surface area (Å²) in [5.41, 5.74) is 0.952. The van der Waals surface area contributed by atoms with Gasteiger partial charge in [-0.25, -0.2) is 9.48 Å². The Morgan fingerprint density at radius 1 is 1.04 bits per heavy atom. The Labute approximate surface area is 140 Å². The Hall–Kier alpha value is -3.81. The van der Waals surface area contributed by atoms with Gasteiger partial charge < -0.3 is 4.42 Å². The van der Waals surface area contributed by atoms with Gasteiger partial charge in [0.2, 0.25) is 5.89 Å². The van der Waals surface area contributed by atoms with Gasteiger partial charge in [0.05, 0.1) is 16.8 Å². The van der Waals surface area contributed by atoms with E-state index < -0.39 is 10.5 Å². The van der Waals surface area contributed by atoms with Gasteiger partial charge in [-0.1, -0.05) is 18.2 Å². The second kappa shape index (κ2) is 5.68. The highest BCUT2D eigenvalue weighted by atomic mass is 16.6. The summed E-state index contributed by atoms with van der Waals surface area (Å²) in [6.07, 6.45) is 1.40. The number of nitro benzene ring substituents is 1. The van der Waals surface area contributed by atoms with E-state index in [0.717, 1.165) is 5.69 Å². The molecular formula is C17H10N4O4. The number of para-hydroxylation sites is 1. The van der Waals surface area contributed by atoms with Gasteiger partial charge in [0.1, 0.15) is 5.39 Å². The molecule has 8 heteroatoms. The zero-order chi connectivity index (χ0) is 17.4. The Balaban J connectivity index is 1.89. The topological polar surface area (TPSA) is 104 Å². The average molecular weight is 334 g/mol. The Bertz CT molecular complexity index is 1130. The van der Waals surface area contributed by atoms with Crippen molar-refractivity contribution in [1.29, 1.82) is 0 Å². The molecule has 2 aromatic carbocycles. The van der Waals surface area contributed by atoms with Crippen LogP contribution in [-0.4, -0.2) is 19.7 Å². The van der Waals surface area contributed by atoms with Gasteiger partial charge in [-0.3, -0.25) is 10.1 Å². The lowest BCUT2D eigenvalue weighted by atomic mass is 10.2. The maximum atomic E-state index is 12.2. The molecule has 0 amide bonds. The Morgan fingerprint density at radius 2 is 1.76 bits per heavy atom. The van der Waals surface area contributed by atoms with Crippen molar-refractivity contribution >= 4 is 16.7 Å². The van der Waals surface area contributed by atoms with Crippen molar-refractivity contribution in [3.63, 3.8) is 0 Å². The third-order valence-electron chi connectivity index (χ3n) is 3.69. The summed E-state index contributed by atoms with van der Waals surface area (Å²) in [6, 6.07) is 14.9. The summed E-state index contributed by atoms with van der Waals surface area (Å²) in [4.78, 5) is 26.9. The van der Waals surface area contributed by atoms with Gasteiger partial charge in [0.15, 0.2) is 5.65 Å². The lowest BCUT2D eigenvalue weighted by molar-refractivity contribution is -0.384. The normalized spacial score (nSPS) is 10.9. The number of aromatic nitrogens is 3. The van der Waals surface area contributed by atoms with E-state index in [1.807, 2.05) is 30.3 Å². The monoisotopic (exact) mass is 334 g/mol. The van der Waals surface area contributed by atoms with Crippen LogP contribution in [0.3, 0.4) is 0 Å². The number of hydrogen-bond donors (Lipinski definition) is 0. The summed E-state index contributed by atoms with van der Waals surface area (Å²) in [6.45, 7) is 0. The molecule has 0 unspecified atom stereocenters. The van der Waals surface area contributed by atoms with Crippen LogP contribution in [0.1, 0.15) is 0 Å². The van der Waals surface area contributed by atoms with Crippen molar-refractivity contribution in [1.82, 2.24) is 14.8 Å². The highest BCUT2D eigenvalue weighted by molar-refractivity contribution is 5.76. The van der Waals surface area contributed by atoms with Crippen molar-refractivity contribution in [3.05, 3.63) is 81.3 Å². The maximum Gasteiger partial charge on any atom is 0.350 e. The number of nitro groups is 1. The number of hydrogen-bond acceptors (Lipinski definition) is 6. The lowest BCUT2D eigenvalue weighted by Crippen LogP contribution is -2.04. The molecule has 0 aliphatic heterocycles. The third kappa shape index (κ3) is 2.55. The molecule has 4 rings (SSSR count). The van der Waals surface area contributed by atoms with Gasteiger partial charge in [-0.05, 0) is 24.3 Å². The molecule has 2 heterocycles. The van der Waals surface area contributed by atoms with E-state index in [2.05, 4.69) is 10.1 Å². The molecule has 0 bridgehead atoms. The smallest absolute Gasteiger partial charge is 0.350 e. The molecule has 0 aliphatic carbocycles. The predicted molar refractivity (Wildman–Crippen MR) is 89.5 cm³/mol. The minimum atomic E-state index is -0.569. The zero-order valence-corrected chi connectivity index (χ0v) is 12.7. The molecule has 25 heavy (non-hydrogen) atoms. The second-order valence-corrected chi connectivity index (χ2v) is 5.24. The molecule has 2 aromatic heterocycles. The number of non-ortho nitro benzene ring substituents is 1. The lowest BCUT2D eigenvalue weighted by Gasteiger charge is -2.03. The van der Waals surface area contributed by atoms with Gasteiger partial charge >= 0.3 is 5.63 Å². The third-order valence-corrected chi connectivity index (χ3v) is 3.69. The van der Waals surface area contributed by atoms with Crippen molar-refractivity contribution in [2.24, 2.45) is 0 Å². The SMILES string of the molecule is O=c1oc(-c2ccc([N+](=O)[O-])cc2)nc2c1cnn2-c1ccccc1. The fourth-order valence-electron chi connectivity index (χ4n) is 2.46. The van der Waals surface area contributed by atoms with Crippen LogP contribution >= 0.6 is 0 Å². The van der Waals surface area contributed by atoms with Crippen molar-refractivity contribution in [2.45, 2.75) is 0 Å². The van der Waals surface area contributed by atoms with Crippen molar-refractivity contribution < 1.29 is 9.34 Å². The molecule has 0 radical (unpaired) electrons. The van der Waals surface area contributed by atoms with E-state index in [-0.39, 0.29) is 17.0 Å². The van der Waals surface area contributed by atoms with Gasteiger partial charge in [0, 0.05) is 17.7 Å². The van der Waals surface area contributed by atoms with Crippen LogP contribution in [0.25, 0.3) is 28.2 Å². The van der Waals surface area contributed by atoms with Gasteiger partial charge in [0.25, 0.3) is 5.69 Å². The summed E-state index contributed by atoms with van der Waals surface area (Å²) < 4.78 is 6.78. The molecule has 0 N–H and O–H groups in total. The second-order valence-electron chi connectivity index (χ2n) is 5.24. The highest BCUT2D eigenvalue weighted by Crippen LogP contribution is 2.22. The van der Waals surface area contributed by atoms with Crippen LogP contribution in [0.5, 0.6) is 0 Å². The molecule has 8 nitrogen and oxygen atoms in total. The highest BCUT2D eigenvalue weighted by Gasteiger charge is 2.15. The van der Waals surface area contributed by atoms with Crippen LogP contribution < -0.4 is 5.63 Å². The number of rotatable bonds is 3. The van der Waals surface area contributed by atoms with Gasteiger partial charge in [-0.2, -0.15) is 10.1 Å². The van der Waals surface area contributed by atoms with E-state index in [0.29, 0.717) is 11.2 Å². The summed E-state index contributed by atoms with van der Waals surface area (Å²) in [5, 5.41) is 15.2. The van der Waals surface area contributed by atoms with E-state index in [1.165, 1.54) is 30.5 Å². The fourth-order valence-corrected chi connectivity index (χ4v) is 2.46. The average Bonchev–Trinajstić information content (AvgIpc) is 3.07. The van der Waals surface area contributed by atoms with Crippen LogP contribution in [0.2, 0.25) is 0 Å². The van der Waals surface area contributed by atoms with E-state index in [4.69, 9.17) is 4.42 Å². The first-order valence-corrected chi connectivity index (χ1v) is 7.32. The molecule has 0 aliphatic rings. The van der Waals surface area contributed by atoms with Crippen LogP contribution in [0, 0.1) is 10.1 Å². The predicted octanol–water partition coefficient (Wildman–Crippen LogP) is 2.95. The summed E-state index contributed by atoms with van der Waals surface area (Å²) >= 11 is 0. The van der Waals surface area contributed by atoms with Crippen LogP contribution in [0.15, 0.2) is 70.0 Å². The minimum Gasteiger partial charge on any atom is -0.403 e. The Kier molecular flexibility index (Phi) is 3.35. The van der Waals surface area contributed by atoms with E-state index >= 15 is 0 Å². The quantitative estimate of drug-likeness (QED) is 0.421. The molecule has 122 valence electrons.